The van der Waals surface area contributed by atoms with Gasteiger partial charge in [-0.3, -0.25) is 4.90 Å². The molecule has 3 heteroatoms. The summed E-state index contributed by atoms with van der Waals surface area (Å²) >= 11 is 0. The summed E-state index contributed by atoms with van der Waals surface area (Å²) < 4.78 is 0. The van der Waals surface area contributed by atoms with Crippen LogP contribution in [0.4, 0.5) is 0 Å². The molecule has 0 aliphatic carbocycles. The number of nitrogens with zero attached hydrogens (tertiary/aromatic N) is 1. The van der Waals surface area contributed by atoms with Gasteiger partial charge in [0.05, 0.1) is 0 Å². The fourth-order valence-electron chi connectivity index (χ4n) is 1.10. The average Bonchev–Trinajstić information content (AvgIpc) is 2.11. The second-order valence-electron chi connectivity index (χ2n) is 2.64. The van der Waals surface area contributed by atoms with Crippen molar-refractivity contribution in [3.63, 3.8) is 0 Å². The Morgan fingerprint density at radius 1 is 1.38 bits per heavy atom. The highest BCUT2D eigenvalue weighted by Gasteiger charge is 2.20. The molecule has 13 heavy (non-hydrogen) atoms. The maximum atomic E-state index is 10.8. The Morgan fingerprint density at radius 2 is 1.92 bits per heavy atom. The van der Waals surface area contributed by atoms with Crippen LogP contribution in [0.1, 0.15) is 27.2 Å². The number of carboxylic acids is 1. The van der Waals surface area contributed by atoms with E-state index in [-0.39, 0.29) is 0 Å². The van der Waals surface area contributed by atoms with Crippen LogP contribution in [0.3, 0.4) is 0 Å². The van der Waals surface area contributed by atoms with Gasteiger partial charge in [-0.15, -0.1) is 5.92 Å². The fourth-order valence-corrected chi connectivity index (χ4v) is 1.10. The number of carbonyl (C=O) groups is 1. The summed E-state index contributed by atoms with van der Waals surface area (Å²) in [4.78, 5) is 12.6. The highest BCUT2D eigenvalue weighted by atomic mass is 16.4. The molecule has 1 atom stereocenters. The summed E-state index contributed by atoms with van der Waals surface area (Å²) in [5.41, 5.74) is 0. The molecule has 0 aliphatic rings. The molecule has 1 N–H and O–H groups in total. The first-order chi connectivity index (χ1) is 6.17. The molecule has 0 radical (unpaired) electrons. The molecule has 0 amide bonds. The Labute approximate surface area is 79.7 Å². The molecule has 0 bridgehead atoms. The van der Waals surface area contributed by atoms with Gasteiger partial charge in [-0.1, -0.05) is 26.7 Å². The Hall–Kier alpha value is -1.01. The van der Waals surface area contributed by atoms with Gasteiger partial charge in [0.25, 0.3) is 0 Å². The van der Waals surface area contributed by atoms with Crippen molar-refractivity contribution in [1.29, 1.82) is 0 Å². The third kappa shape index (κ3) is 3.95. The Balaban J connectivity index is 4.48. The molecule has 0 rings (SSSR count). The SMILES string of the molecule is CCC#CC(C(=O)O)N(CC)CC. The zero-order valence-electron chi connectivity index (χ0n) is 8.50. The van der Waals surface area contributed by atoms with Crippen LogP contribution >= 0.6 is 0 Å². The quantitative estimate of drug-likeness (QED) is 0.666. The lowest BCUT2D eigenvalue weighted by Gasteiger charge is -2.21. The molecule has 1 unspecified atom stereocenters. The number of hydrogen-bond donors (Lipinski definition) is 1. The van der Waals surface area contributed by atoms with Gasteiger partial charge in [0.1, 0.15) is 0 Å². The predicted molar refractivity (Wildman–Crippen MR) is 52.4 cm³/mol. The zero-order chi connectivity index (χ0) is 10.3. The summed E-state index contributed by atoms with van der Waals surface area (Å²) in [6.07, 6.45) is 0.699. The summed E-state index contributed by atoms with van der Waals surface area (Å²) in [5, 5.41) is 8.89. The van der Waals surface area contributed by atoms with E-state index in [9.17, 15) is 4.79 Å². The van der Waals surface area contributed by atoms with E-state index in [4.69, 9.17) is 5.11 Å². The van der Waals surface area contributed by atoms with Crippen LogP contribution < -0.4 is 0 Å². The lowest BCUT2D eigenvalue weighted by atomic mass is 10.2. The van der Waals surface area contributed by atoms with Crippen LogP contribution in [0.5, 0.6) is 0 Å². The van der Waals surface area contributed by atoms with Crippen molar-refractivity contribution >= 4 is 5.97 Å². The van der Waals surface area contributed by atoms with Gasteiger partial charge in [0.2, 0.25) is 0 Å². The molecule has 0 saturated carbocycles. The minimum atomic E-state index is -0.857. The van der Waals surface area contributed by atoms with Crippen molar-refractivity contribution in [3.8, 4) is 11.8 Å². The topological polar surface area (TPSA) is 40.5 Å². The maximum absolute atomic E-state index is 10.8. The molecule has 0 saturated heterocycles. The first-order valence-electron chi connectivity index (χ1n) is 4.62. The van der Waals surface area contributed by atoms with Crippen LogP contribution in [-0.2, 0) is 4.79 Å². The van der Waals surface area contributed by atoms with Crippen LogP contribution in [0.15, 0.2) is 0 Å². The Bertz CT molecular complexity index is 211. The molecule has 0 fully saturated rings. The summed E-state index contributed by atoms with van der Waals surface area (Å²) in [7, 11) is 0. The predicted octanol–water partition coefficient (Wildman–Crippen LogP) is 1.19. The molecule has 0 aromatic heterocycles. The number of carboxylic acid groups (broad SMARTS) is 1. The highest BCUT2D eigenvalue weighted by Crippen LogP contribution is 1.98. The molecule has 0 aliphatic heterocycles. The van der Waals surface area contributed by atoms with Gasteiger partial charge < -0.3 is 5.11 Å². The molecule has 0 aromatic rings. The van der Waals surface area contributed by atoms with Crippen molar-refractivity contribution in [2.45, 2.75) is 33.2 Å². The van der Waals surface area contributed by atoms with Crippen LogP contribution in [0.25, 0.3) is 0 Å². The first kappa shape index (κ1) is 12.0. The summed E-state index contributed by atoms with van der Waals surface area (Å²) in [6, 6.07) is -0.644. The maximum Gasteiger partial charge on any atom is 0.333 e. The minimum Gasteiger partial charge on any atom is -0.479 e. The van der Waals surface area contributed by atoms with Crippen LogP contribution in [0.2, 0.25) is 0 Å². The van der Waals surface area contributed by atoms with E-state index in [0.717, 1.165) is 0 Å². The average molecular weight is 183 g/mol. The molecule has 0 heterocycles. The van der Waals surface area contributed by atoms with Crippen molar-refractivity contribution in [3.05, 3.63) is 0 Å². The Morgan fingerprint density at radius 3 is 2.23 bits per heavy atom. The van der Waals surface area contributed by atoms with Crippen molar-refractivity contribution in [2.75, 3.05) is 13.1 Å². The second-order valence-corrected chi connectivity index (χ2v) is 2.64. The van der Waals surface area contributed by atoms with E-state index in [1.54, 1.807) is 0 Å². The number of rotatable bonds is 4. The van der Waals surface area contributed by atoms with Crippen molar-refractivity contribution in [1.82, 2.24) is 4.90 Å². The fraction of sp³-hybridized carbons (Fsp3) is 0.700. The monoisotopic (exact) mass is 183 g/mol. The minimum absolute atomic E-state index is 0.644. The zero-order valence-corrected chi connectivity index (χ0v) is 8.50. The number of aliphatic carboxylic acids is 1. The van der Waals surface area contributed by atoms with Crippen molar-refractivity contribution < 1.29 is 9.90 Å². The van der Waals surface area contributed by atoms with Crippen molar-refractivity contribution in [2.24, 2.45) is 0 Å². The molecular formula is C10H17NO2. The molecule has 3 nitrogen and oxygen atoms in total. The third-order valence-electron chi connectivity index (χ3n) is 1.83. The third-order valence-corrected chi connectivity index (χ3v) is 1.83. The van der Waals surface area contributed by atoms with Gasteiger partial charge in [-0.25, -0.2) is 4.79 Å². The van der Waals surface area contributed by atoms with E-state index in [1.165, 1.54) is 0 Å². The largest absolute Gasteiger partial charge is 0.479 e. The Kier molecular flexibility index (Phi) is 5.99. The summed E-state index contributed by atoms with van der Waals surface area (Å²) in [6.45, 7) is 7.21. The number of likely N-dealkylation sites (N-methyl/N-ethyl adjacent to an activating group) is 1. The lowest BCUT2D eigenvalue weighted by molar-refractivity contribution is -0.140. The van der Waals surface area contributed by atoms with Gasteiger partial charge in [0, 0.05) is 6.42 Å². The van der Waals surface area contributed by atoms with Gasteiger partial charge in [-0.2, -0.15) is 0 Å². The van der Waals surface area contributed by atoms with E-state index in [2.05, 4.69) is 11.8 Å². The second kappa shape index (κ2) is 6.50. The van der Waals surface area contributed by atoms with Gasteiger partial charge in [-0.05, 0) is 13.1 Å². The van der Waals surface area contributed by atoms with Gasteiger partial charge in [0.15, 0.2) is 6.04 Å². The summed E-state index contributed by atoms with van der Waals surface area (Å²) in [5.74, 6) is 4.70. The first-order valence-corrected chi connectivity index (χ1v) is 4.62. The van der Waals surface area contributed by atoms with Gasteiger partial charge >= 0.3 is 5.97 Å². The normalized spacial score (nSPS) is 12.0. The van der Waals surface area contributed by atoms with E-state index in [0.29, 0.717) is 19.5 Å². The van der Waals surface area contributed by atoms with Crippen LogP contribution in [0, 0.1) is 11.8 Å². The molecule has 0 spiro atoms. The van der Waals surface area contributed by atoms with E-state index >= 15 is 0 Å². The lowest BCUT2D eigenvalue weighted by Crippen LogP contribution is -2.39. The van der Waals surface area contributed by atoms with E-state index < -0.39 is 12.0 Å². The molecule has 0 aromatic carbocycles. The standard InChI is InChI=1S/C10H17NO2/c1-4-7-8-9(10(12)13)11(5-2)6-3/h9H,4-6H2,1-3H3,(H,12,13). The van der Waals surface area contributed by atoms with Crippen LogP contribution in [-0.4, -0.2) is 35.1 Å². The smallest absolute Gasteiger partial charge is 0.333 e. The molecule has 74 valence electrons. The molecular weight excluding hydrogens is 166 g/mol. The number of hydrogen-bond acceptors (Lipinski definition) is 2. The highest BCUT2D eigenvalue weighted by molar-refractivity contribution is 5.77. The van der Waals surface area contributed by atoms with E-state index in [1.807, 2.05) is 25.7 Å².